The van der Waals surface area contributed by atoms with Crippen LogP contribution in [0.15, 0.2) is 53.4 Å². The Kier molecular flexibility index (Phi) is 6.08. The van der Waals surface area contributed by atoms with Crippen molar-refractivity contribution < 1.29 is 19.2 Å². The highest BCUT2D eigenvalue weighted by molar-refractivity contribution is 8.14. The van der Waals surface area contributed by atoms with Crippen LogP contribution in [0, 0.1) is 10.1 Å². The zero-order chi connectivity index (χ0) is 17.5. The summed E-state index contributed by atoms with van der Waals surface area (Å²) >= 11 is 0.968. The molecule has 0 unspecified atom stereocenters. The highest BCUT2D eigenvalue weighted by Crippen LogP contribution is 2.25. The molecule has 6 nitrogen and oxygen atoms in total. The molecule has 2 aromatic carbocycles. The minimum absolute atomic E-state index is 0.0262. The summed E-state index contributed by atoms with van der Waals surface area (Å²) in [7, 11) is 0. The molecule has 124 valence electrons. The Morgan fingerprint density at radius 2 is 1.62 bits per heavy atom. The zero-order valence-electron chi connectivity index (χ0n) is 12.9. The number of esters is 1. The number of hydrogen-bond acceptors (Lipinski definition) is 6. The SMILES string of the molecule is CCCOC(=O)c1ccc(C(=O)Sc2ccc([N+](=O)[O-])cc2)cc1. The van der Waals surface area contributed by atoms with Crippen molar-refractivity contribution in [3.63, 3.8) is 0 Å². The van der Waals surface area contributed by atoms with E-state index in [0.29, 0.717) is 22.6 Å². The van der Waals surface area contributed by atoms with Crippen LogP contribution in [0.4, 0.5) is 5.69 Å². The fourth-order valence-electron chi connectivity index (χ4n) is 1.82. The third-order valence-electron chi connectivity index (χ3n) is 3.05. The number of hydrogen-bond donors (Lipinski definition) is 0. The lowest BCUT2D eigenvalue weighted by molar-refractivity contribution is -0.384. The predicted octanol–water partition coefficient (Wildman–Crippen LogP) is 4.09. The summed E-state index contributed by atoms with van der Waals surface area (Å²) in [6.45, 7) is 2.26. The number of benzene rings is 2. The van der Waals surface area contributed by atoms with Crippen molar-refractivity contribution in [2.45, 2.75) is 18.2 Å². The van der Waals surface area contributed by atoms with Gasteiger partial charge in [0.1, 0.15) is 0 Å². The normalized spacial score (nSPS) is 10.2. The molecule has 0 atom stereocenters. The van der Waals surface area contributed by atoms with Crippen molar-refractivity contribution in [2.75, 3.05) is 6.61 Å². The summed E-state index contributed by atoms with van der Waals surface area (Å²) in [4.78, 5) is 34.6. The lowest BCUT2D eigenvalue weighted by atomic mass is 10.1. The first-order chi connectivity index (χ1) is 11.5. The number of rotatable bonds is 6. The largest absolute Gasteiger partial charge is 0.462 e. The van der Waals surface area contributed by atoms with E-state index >= 15 is 0 Å². The van der Waals surface area contributed by atoms with Crippen LogP contribution < -0.4 is 0 Å². The molecule has 0 heterocycles. The van der Waals surface area contributed by atoms with E-state index in [2.05, 4.69) is 0 Å². The van der Waals surface area contributed by atoms with Crippen LogP contribution in [-0.2, 0) is 4.74 Å². The summed E-state index contributed by atoms with van der Waals surface area (Å²) in [6, 6.07) is 12.0. The van der Waals surface area contributed by atoms with Gasteiger partial charge in [0, 0.05) is 22.6 Å². The van der Waals surface area contributed by atoms with E-state index in [1.807, 2.05) is 6.92 Å². The van der Waals surface area contributed by atoms with E-state index in [0.717, 1.165) is 18.2 Å². The number of nitro benzene ring substituents is 1. The van der Waals surface area contributed by atoms with Crippen LogP contribution in [0.5, 0.6) is 0 Å². The van der Waals surface area contributed by atoms with Crippen molar-refractivity contribution >= 4 is 28.5 Å². The minimum atomic E-state index is -0.493. The Balaban J connectivity index is 2.02. The Bertz CT molecular complexity index is 741. The molecule has 0 aliphatic heterocycles. The van der Waals surface area contributed by atoms with Gasteiger partial charge in [-0.25, -0.2) is 4.79 Å². The Hall–Kier alpha value is -2.67. The molecule has 0 radical (unpaired) electrons. The van der Waals surface area contributed by atoms with Crippen LogP contribution in [0.3, 0.4) is 0 Å². The molecule has 7 heteroatoms. The van der Waals surface area contributed by atoms with E-state index in [1.54, 1.807) is 24.3 Å². The molecule has 2 aromatic rings. The van der Waals surface area contributed by atoms with Crippen LogP contribution in [0.25, 0.3) is 0 Å². The molecule has 0 aromatic heterocycles. The van der Waals surface area contributed by atoms with Crippen LogP contribution in [0.2, 0.25) is 0 Å². The maximum atomic E-state index is 12.2. The smallest absolute Gasteiger partial charge is 0.338 e. The molecule has 0 amide bonds. The second-order valence-electron chi connectivity index (χ2n) is 4.85. The number of ether oxygens (including phenoxy) is 1. The molecular formula is C17H15NO5S. The maximum Gasteiger partial charge on any atom is 0.338 e. The van der Waals surface area contributed by atoms with E-state index < -0.39 is 10.9 Å². The Morgan fingerprint density at radius 3 is 2.17 bits per heavy atom. The number of carbonyl (C=O) groups is 2. The number of non-ortho nitro benzene ring substituents is 1. The molecule has 0 fully saturated rings. The summed E-state index contributed by atoms with van der Waals surface area (Å²) in [5, 5.41) is 10.4. The molecule has 0 spiro atoms. The summed E-state index contributed by atoms with van der Waals surface area (Å²) < 4.78 is 5.02. The van der Waals surface area contributed by atoms with Gasteiger partial charge in [0.2, 0.25) is 5.12 Å². The average Bonchev–Trinajstić information content (AvgIpc) is 2.60. The van der Waals surface area contributed by atoms with E-state index in [9.17, 15) is 19.7 Å². The molecular weight excluding hydrogens is 330 g/mol. The zero-order valence-corrected chi connectivity index (χ0v) is 13.7. The first-order valence-corrected chi connectivity index (χ1v) is 8.06. The van der Waals surface area contributed by atoms with Crippen molar-refractivity contribution in [3.05, 3.63) is 69.8 Å². The number of nitro groups is 1. The minimum Gasteiger partial charge on any atom is -0.462 e. The molecule has 24 heavy (non-hydrogen) atoms. The third kappa shape index (κ3) is 4.66. The van der Waals surface area contributed by atoms with Gasteiger partial charge >= 0.3 is 5.97 Å². The summed E-state index contributed by atoms with van der Waals surface area (Å²) in [5.74, 6) is -0.418. The van der Waals surface area contributed by atoms with Crippen LogP contribution in [0.1, 0.15) is 34.1 Å². The van der Waals surface area contributed by atoms with E-state index in [4.69, 9.17) is 4.74 Å². The second kappa shape index (κ2) is 8.26. The molecule has 0 aliphatic rings. The maximum absolute atomic E-state index is 12.2. The van der Waals surface area contributed by atoms with Gasteiger partial charge < -0.3 is 4.74 Å². The molecule has 0 bridgehead atoms. The fourth-order valence-corrected chi connectivity index (χ4v) is 2.56. The molecule has 0 aliphatic carbocycles. The first-order valence-electron chi connectivity index (χ1n) is 7.25. The topological polar surface area (TPSA) is 86.5 Å². The van der Waals surface area contributed by atoms with Crippen molar-refractivity contribution in [3.8, 4) is 0 Å². The van der Waals surface area contributed by atoms with Gasteiger partial charge in [-0.15, -0.1) is 0 Å². The van der Waals surface area contributed by atoms with E-state index in [1.165, 1.54) is 24.3 Å². The fraction of sp³-hybridized carbons (Fsp3) is 0.176. The van der Waals surface area contributed by atoms with Crippen molar-refractivity contribution in [1.29, 1.82) is 0 Å². The van der Waals surface area contributed by atoms with Crippen molar-refractivity contribution in [2.24, 2.45) is 0 Å². The van der Waals surface area contributed by atoms with Gasteiger partial charge in [0.15, 0.2) is 0 Å². The van der Waals surface area contributed by atoms with Crippen LogP contribution in [-0.4, -0.2) is 22.6 Å². The standard InChI is InChI=1S/C17H15NO5S/c1-2-11-23-16(19)12-3-5-13(6-4-12)17(20)24-15-9-7-14(8-10-15)18(21)22/h3-10H,2,11H2,1H3. The highest BCUT2D eigenvalue weighted by atomic mass is 32.2. The van der Waals surface area contributed by atoms with Gasteiger partial charge in [0.25, 0.3) is 5.69 Å². The average molecular weight is 345 g/mol. The third-order valence-corrected chi connectivity index (χ3v) is 3.98. The lowest BCUT2D eigenvalue weighted by Crippen LogP contribution is -2.06. The van der Waals surface area contributed by atoms with Gasteiger partial charge in [0.05, 0.1) is 17.1 Å². The number of thioether (sulfide) groups is 1. The van der Waals surface area contributed by atoms with Gasteiger partial charge in [-0.05, 0) is 54.6 Å². The predicted molar refractivity (Wildman–Crippen MR) is 90.3 cm³/mol. The molecule has 2 rings (SSSR count). The van der Waals surface area contributed by atoms with E-state index in [-0.39, 0.29) is 10.8 Å². The van der Waals surface area contributed by atoms with Crippen LogP contribution >= 0.6 is 11.8 Å². The van der Waals surface area contributed by atoms with Gasteiger partial charge in [-0.2, -0.15) is 0 Å². The van der Waals surface area contributed by atoms with Gasteiger partial charge in [-0.1, -0.05) is 6.92 Å². The first kappa shape index (κ1) is 17.7. The second-order valence-corrected chi connectivity index (χ2v) is 5.90. The number of carbonyl (C=O) groups excluding carboxylic acids is 2. The Morgan fingerprint density at radius 1 is 1.04 bits per heavy atom. The number of nitrogens with zero attached hydrogens (tertiary/aromatic N) is 1. The molecule has 0 saturated heterocycles. The van der Waals surface area contributed by atoms with Crippen molar-refractivity contribution in [1.82, 2.24) is 0 Å². The molecule has 0 saturated carbocycles. The summed E-state index contributed by atoms with van der Waals surface area (Å²) in [6.07, 6.45) is 0.744. The quantitative estimate of drug-likeness (QED) is 0.339. The lowest BCUT2D eigenvalue weighted by Gasteiger charge is -2.04. The molecule has 0 N–H and O–H groups in total. The Labute approximate surface area is 143 Å². The summed E-state index contributed by atoms with van der Waals surface area (Å²) in [5.41, 5.74) is 0.799. The monoisotopic (exact) mass is 345 g/mol. The highest BCUT2D eigenvalue weighted by Gasteiger charge is 2.12. The van der Waals surface area contributed by atoms with Gasteiger partial charge in [-0.3, -0.25) is 14.9 Å².